The van der Waals surface area contributed by atoms with E-state index in [9.17, 15) is 9.90 Å². The number of hydrogen-bond acceptors (Lipinski definition) is 2. The summed E-state index contributed by atoms with van der Waals surface area (Å²) in [5, 5.41) is 9.19. The smallest absolute Gasteiger partial charge is 0.335 e. The molecule has 3 rings (SSSR count). The summed E-state index contributed by atoms with van der Waals surface area (Å²) in [5.41, 5.74) is 2.17. The van der Waals surface area contributed by atoms with Gasteiger partial charge in [-0.2, -0.15) is 0 Å². The number of carbonyl (C=O) groups is 1. The van der Waals surface area contributed by atoms with Crippen LogP contribution in [0.1, 0.15) is 55.9 Å². The predicted octanol–water partition coefficient (Wildman–Crippen LogP) is 4.12. The molecule has 0 spiro atoms. The van der Waals surface area contributed by atoms with Gasteiger partial charge in [0.1, 0.15) is 0 Å². The first-order valence-electron chi connectivity index (χ1n) is 7.78. The highest BCUT2D eigenvalue weighted by Crippen LogP contribution is 2.39. The molecule has 1 saturated carbocycles. The largest absolute Gasteiger partial charge is 0.478 e. The van der Waals surface area contributed by atoms with Crippen LogP contribution in [0.25, 0.3) is 11.0 Å². The minimum atomic E-state index is -0.881. The van der Waals surface area contributed by atoms with E-state index in [0.29, 0.717) is 23.4 Å². The molecular weight excluding hydrogens is 264 g/mol. The Morgan fingerprint density at radius 3 is 2.81 bits per heavy atom. The number of carboxylic acid groups (broad SMARTS) is 1. The fraction of sp³-hybridized carbons (Fsp3) is 0.529. The molecule has 1 aromatic heterocycles. The van der Waals surface area contributed by atoms with Crippen LogP contribution in [0.2, 0.25) is 0 Å². The molecule has 0 radical (unpaired) electrons. The number of fused-ring (bicyclic) bond motifs is 1. The van der Waals surface area contributed by atoms with Crippen molar-refractivity contribution in [3.63, 3.8) is 0 Å². The molecule has 2 atom stereocenters. The fourth-order valence-electron chi connectivity index (χ4n) is 3.69. The second kappa shape index (κ2) is 5.51. The highest BCUT2D eigenvalue weighted by Gasteiger charge is 2.29. The van der Waals surface area contributed by atoms with Crippen LogP contribution in [0.5, 0.6) is 0 Å². The molecule has 0 aliphatic heterocycles. The Labute approximate surface area is 124 Å². The summed E-state index contributed by atoms with van der Waals surface area (Å²) in [7, 11) is 0. The molecule has 0 bridgehead atoms. The van der Waals surface area contributed by atoms with Gasteiger partial charge >= 0.3 is 5.97 Å². The first kappa shape index (κ1) is 14.1. The summed E-state index contributed by atoms with van der Waals surface area (Å²) in [6.45, 7) is 4.57. The Morgan fingerprint density at radius 2 is 2.10 bits per heavy atom. The van der Waals surface area contributed by atoms with Gasteiger partial charge in [0.2, 0.25) is 0 Å². The zero-order valence-electron chi connectivity index (χ0n) is 12.6. The Morgan fingerprint density at radius 1 is 1.33 bits per heavy atom. The van der Waals surface area contributed by atoms with Crippen LogP contribution in [-0.4, -0.2) is 20.6 Å². The van der Waals surface area contributed by atoms with Crippen molar-refractivity contribution in [3.05, 3.63) is 30.1 Å². The maximum absolute atomic E-state index is 11.2. The van der Waals surface area contributed by atoms with Gasteiger partial charge in [-0.3, -0.25) is 0 Å². The number of nitrogens with zero attached hydrogens (tertiary/aromatic N) is 2. The quantitative estimate of drug-likeness (QED) is 0.923. The minimum absolute atomic E-state index is 0.334. The van der Waals surface area contributed by atoms with Crippen LogP contribution in [0.3, 0.4) is 0 Å². The first-order chi connectivity index (χ1) is 10.1. The van der Waals surface area contributed by atoms with E-state index < -0.39 is 5.97 Å². The van der Waals surface area contributed by atoms with Gasteiger partial charge in [-0.15, -0.1) is 0 Å². The summed E-state index contributed by atoms with van der Waals surface area (Å²) in [6.07, 6.45) is 6.84. The van der Waals surface area contributed by atoms with E-state index in [1.807, 2.05) is 12.4 Å². The monoisotopic (exact) mass is 286 g/mol. The Kier molecular flexibility index (Phi) is 3.70. The van der Waals surface area contributed by atoms with E-state index in [2.05, 4.69) is 23.4 Å². The van der Waals surface area contributed by atoms with Gasteiger partial charge in [-0.25, -0.2) is 9.78 Å². The van der Waals surface area contributed by atoms with Crippen LogP contribution < -0.4 is 0 Å². The van der Waals surface area contributed by atoms with E-state index in [1.54, 1.807) is 12.1 Å². The number of hydrogen-bond donors (Lipinski definition) is 1. The van der Waals surface area contributed by atoms with Crippen molar-refractivity contribution >= 4 is 17.0 Å². The summed E-state index contributed by atoms with van der Waals surface area (Å²) in [5.74, 6) is 0.397. The van der Waals surface area contributed by atoms with Crippen molar-refractivity contribution in [2.24, 2.45) is 11.8 Å². The molecule has 4 heteroatoms. The minimum Gasteiger partial charge on any atom is -0.478 e. The van der Waals surface area contributed by atoms with Gasteiger partial charge in [0.15, 0.2) is 0 Å². The van der Waals surface area contributed by atoms with Crippen LogP contribution in [0.15, 0.2) is 24.5 Å². The van der Waals surface area contributed by atoms with Crippen molar-refractivity contribution < 1.29 is 9.90 Å². The maximum atomic E-state index is 11.2. The predicted molar refractivity (Wildman–Crippen MR) is 82.5 cm³/mol. The first-order valence-corrected chi connectivity index (χ1v) is 7.78. The van der Waals surface area contributed by atoms with Gasteiger partial charge < -0.3 is 9.67 Å². The van der Waals surface area contributed by atoms with Gasteiger partial charge in [0.05, 0.1) is 22.9 Å². The highest BCUT2D eigenvalue weighted by atomic mass is 16.4. The van der Waals surface area contributed by atoms with Crippen LogP contribution in [-0.2, 0) is 0 Å². The number of rotatable bonds is 3. The maximum Gasteiger partial charge on any atom is 0.335 e. The fourth-order valence-corrected chi connectivity index (χ4v) is 3.69. The molecule has 0 saturated heterocycles. The van der Waals surface area contributed by atoms with Gasteiger partial charge in [0, 0.05) is 6.04 Å². The van der Waals surface area contributed by atoms with Gasteiger partial charge in [-0.1, -0.05) is 26.7 Å². The molecule has 4 nitrogen and oxygen atoms in total. The van der Waals surface area contributed by atoms with Crippen LogP contribution >= 0.6 is 0 Å². The molecule has 2 aromatic rings. The highest BCUT2D eigenvalue weighted by molar-refractivity contribution is 5.92. The molecule has 2 unspecified atom stereocenters. The lowest BCUT2D eigenvalue weighted by Gasteiger charge is -2.35. The summed E-state index contributed by atoms with van der Waals surface area (Å²) < 4.78 is 2.21. The third-order valence-electron chi connectivity index (χ3n) is 4.82. The number of benzene rings is 1. The lowest BCUT2D eigenvalue weighted by atomic mass is 9.77. The second-order valence-electron chi connectivity index (χ2n) is 6.42. The topological polar surface area (TPSA) is 55.1 Å². The molecular formula is C17H22N2O2. The third-order valence-corrected chi connectivity index (χ3v) is 4.82. The molecule has 21 heavy (non-hydrogen) atoms. The Hall–Kier alpha value is -1.84. The molecule has 1 heterocycles. The lowest BCUT2D eigenvalue weighted by Crippen LogP contribution is -2.26. The number of aromatic nitrogens is 2. The van der Waals surface area contributed by atoms with Gasteiger partial charge in [0.25, 0.3) is 0 Å². The van der Waals surface area contributed by atoms with E-state index in [1.165, 1.54) is 19.3 Å². The van der Waals surface area contributed by atoms with E-state index in [4.69, 9.17) is 0 Å². The third kappa shape index (κ3) is 2.55. The zero-order valence-corrected chi connectivity index (χ0v) is 12.6. The molecule has 1 fully saturated rings. The van der Waals surface area contributed by atoms with E-state index in [-0.39, 0.29) is 0 Å². The van der Waals surface area contributed by atoms with Crippen LogP contribution in [0, 0.1) is 11.8 Å². The molecule has 1 aromatic carbocycles. The number of imidazole rings is 1. The zero-order chi connectivity index (χ0) is 15.0. The van der Waals surface area contributed by atoms with Crippen molar-refractivity contribution in [2.45, 2.75) is 45.6 Å². The average molecular weight is 286 g/mol. The molecule has 1 N–H and O–H groups in total. The van der Waals surface area contributed by atoms with E-state index >= 15 is 0 Å². The molecule has 0 amide bonds. The van der Waals surface area contributed by atoms with E-state index in [0.717, 1.165) is 17.5 Å². The Bertz CT molecular complexity index is 660. The van der Waals surface area contributed by atoms with Crippen molar-refractivity contribution in [2.75, 3.05) is 0 Å². The summed E-state index contributed by atoms with van der Waals surface area (Å²) in [6, 6.07) is 5.63. The van der Waals surface area contributed by atoms with Crippen molar-refractivity contribution in [1.29, 1.82) is 0 Å². The summed E-state index contributed by atoms with van der Waals surface area (Å²) >= 11 is 0. The molecule has 1 aliphatic rings. The number of carboxylic acids is 1. The van der Waals surface area contributed by atoms with Crippen molar-refractivity contribution in [1.82, 2.24) is 9.55 Å². The lowest BCUT2D eigenvalue weighted by molar-refractivity contribution is 0.0697. The normalized spacial score (nSPS) is 22.8. The standard InChI is InChI=1S/C17H22N2O2/c1-11(2)13-5-3-4-6-15(13)19-10-18-14-8-7-12(17(20)21)9-16(14)19/h7-11,13,15H,3-6H2,1-2H3,(H,20,21). The average Bonchev–Trinajstić information content (AvgIpc) is 2.89. The van der Waals surface area contributed by atoms with Crippen LogP contribution in [0.4, 0.5) is 0 Å². The molecule has 112 valence electrons. The SMILES string of the molecule is CC(C)C1CCCCC1n1cnc2ccc(C(=O)O)cc21. The second-order valence-corrected chi connectivity index (χ2v) is 6.42. The van der Waals surface area contributed by atoms with Gasteiger partial charge in [-0.05, 0) is 42.9 Å². The summed E-state index contributed by atoms with van der Waals surface area (Å²) in [4.78, 5) is 15.7. The number of aromatic carboxylic acids is 1. The van der Waals surface area contributed by atoms with Crippen molar-refractivity contribution in [3.8, 4) is 0 Å². The molecule has 1 aliphatic carbocycles. The Balaban J connectivity index is 2.06.